The molecular formula is C32H45N7O6. The highest BCUT2D eigenvalue weighted by atomic mass is 16.6. The number of hydrogen-bond donors (Lipinski definition) is 2. The number of pyridine rings is 1. The van der Waals surface area contributed by atoms with Crippen LogP contribution in [0.25, 0.3) is 11.3 Å². The monoisotopic (exact) mass is 623 g/mol. The minimum Gasteiger partial charge on any atom is -0.481 e. The third-order valence-electron chi connectivity index (χ3n) is 8.08. The molecule has 2 aliphatic rings. The predicted octanol–water partition coefficient (Wildman–Crippen LogP) is 1.70. The van der Waals surface area contributed by atoms with Gasteiger partial charge in [0.1, 0.15) is 11.7 Å². The number of likely N-dealkylation sites (N-methyl/N-ethyl adjacent to an activating group) is 1. The van der Waals surface area contributed by atoms with E-state index in [-0.39, 0.29) is 57.2 Å². The summed E-state index contributed by atoms with van der Waals surface area (Å²) in [4.78, 5) is 65.4. The first-order valence-electron chi connectivity index (χ1n) is 15.6. The number of carbonyl (C=O) groups is 4. The van der Waals surface area contributed by atoms with Gasteiger partial charge in [-0.2, -0.15) is 0 Å². The molecule has 2 aromatic rings. The second-order valence-electron chi connectivity index (χ2n) is 11.6. The van der Waals surface area contributed by atoms with Crippen LogP contribution in [0.1, 0.15) is 30.3 Å². The Bertz CT molecular complexity index is 1310. The van der Waals surface area contributed by atoms with E-state index in [1.165, 1.54) is 4.90 Å². The fraction of sp³-hybridized carbons (Fsp3) is 0.531. The Morgan fingerprint density at radius 2 is 1.62 bits per heavy atom. The molecule has 0 unspecified atom stereocenters. The van der Waals surface area contributed by atoms with Crippen LogP contribution in [0.3, 0.4) is 0 Å². The van der Waals surface area contributed by atoms with Gasteiger partial charge in [-0.3, -0.25) is 19.3 Å². The van der Waals surface area contributed by atoms with E-state index in [0.717, 1.165) is 50.5 Å². The average Bonchev–Trinajstić information content (AvgIpc) is 3.05. The van der Waals surface area contributed by atoms with E-state index in [0.29, 0.717) is 5.69 Å². The Kier molecular flexibility index (Phi) is 12.1. The van der Waals surface area contributed by atoms with E-state index < -0.39 is 24.0 Å². The summed E-state index contributed by atoms with van der Waals surface area (Å²) in [5.41, 5.74) is 2.51. The molecule has 13 heteroatoms. The number of aliphatic carboxylic acids is 1. The zero-order chi connectivity index (χ0) is 32.3. The fourth-order valence-corrected chi connectivity index (χ4v) is 5.44. The highest BCUT2D eigenvalue weighted by molar-refractivity contribution is 5.97. The van der Waals surface area contributed by atoms with Crippen LogP contribution in [0.4, 0.5) is 10.5 Å². The van der Waals surface area contributed by atoms with Crippen molar-refractivity contribution in [2.45, 2.75) is 25.8 Å². The van der Waals surface area contributed by atoms with Crippen LogP contribution < -0.4 is 10.2 Å². The zero-order valence-electron chi connectivity index (χ0n) is 26.5. The molecule has 2 fully saturated rings. The fourth-order valence-electron chi connectivity index (χ4n) is 5.44. The van der Waals surface area contributed by atoms with Crippen molar-refractivity contribution >= 4 is 29.6 Å². The minimum absolute atomic E-state index is 0.0713. The maximum absolute atomic E-state index is 13.7. The minimum atomic E-state index is -1.06. The van der Waals surface area contributed by atoms with E-state index in [4.69, 9.17) is 4.74 Å². The number of carboxylic acid groups (broad SMARTS) is 1. The third-order valence-corrected chi connectivity index (χ3v) is 8.08. The number of amides is 3. The molecule has 2 N–H and O–H groups in total. The van der Waals surface area contributed by atoms with Crippen molar-refractivity contribution in [3.8, 4) is 11.3 Å². The molecule has 0 radical (unpaired) electrons. The van der Waals surface area contributed by atoms with Crippen molar-refractivity contribution in [3.05, 3.63) is 48.2 Å². The Morgan fingerprint density at radius 3 is 2.24 bits per heavy atom. The van der Waals surface area contributed by atoms with Crippen LogP contribution in [0, 0.1) is 0 Å². The van der Waals surface area contributed by atoms with Gasteiger partial charge < -0.3 is 34.8 Å². The van der Waals surface area contributed by atoms with Gasteiger partial charge in [0.15, 0.2) is 0 Å². The summed E-state index contributed by atoms with van der Waals surface area (Å²) in [5, 5.41) is 12.1. The van der Waals surface area contributed by atoms with Gasteiger partial charge in [0.25, 0.3) is 5.91 Å². The molecule has 13 nitrogen and oxygen atoms in total. The average molecular weight is 624 g/mol. The summed E-state index contributed by atoms with van der Waals surface area (Å²) in [6.45, 7) is 8.43. The predicted molar refractivity (Wildman–Crippen MR) is 170 cm³/mol. The number of benzene rings is 1. The van der Waals surface area contributed by atoms with Crippen LogP contribution in [0.15, 0.2) is 42.5 Å². The summed E-state index contributed by atoms with van der Waals surface area (Å²) in [6, 6.07) is 12.3. The quantitative estimate of drug-likeness (QED) is 0.359. The first kappa shape index (κ1) is 33.7. The van der Waals surface area contributed by atoms with Crippen molar-refractivity contribution < 1.29 is 29.0 Å². The lowest BCUT2D eigenvalue weighted by molar-refractivity contribution is -0.138. The molecule has 0 spiro atoms. The second-order valence-corrected chi connectivity index (χ2v) is 11.6. The first-order chi connectivity index (χ1) is 21.6. The maximum atomic E-state index is 13.7. The Balaban J connectivity index is 1.52. The number of ether oxygens (including phenoxy) is 1. The normalized spacial score (nSPS) is 16.4. The SMILES string of the molecule is CCOC(=O)N1CCN(C(=O)[C@H](CCC(=O)O)NC(=O)c2cc(N3CCN(CCN(C)C)CC3)cc(-c3ccccc3)n2)CC1. The lowest BCUT2D eigenvalue weighted by Crippen LogP contribution is -2.56. The van der Waals surface area contributed by atoms with E-state index in [1.807, 2.05) is 36.4 Å². The van der Waals surface area contributed by atoms with Crippen molar-refractivity contribution in [2.75, 3.05) is 91.0 Å². The van der Waals surface area contributed by atoms with Crippen LogP contribution in [0.2, 0.25) is 0 Å². The topological polar surface area (TPSA) is 139 Å². The van der Waals surface area contributed by atoms with Crippen LogP contribution in [-0.4, -0.2) is 146 Å². The number of rotatable bonds is 12. The summed E-state index contributed by atoms with van der Waals surface area (Å²) in [5.74, 6) is -2.00. The molecule has 45 heavy (non-hydrogen) atoms. The van der Waals surface area contributed by atoms with E-state index >= 15 is 0 Å². The standard InChI is InChI=1S/C32H45N7O6/c1-4-45-32(44)39-20-18-38(19-21-39)31(43)26(10-11-29(40)41)34-30(42)28-23-25(22-27(33-28)24-8-6-5-7-9-24)37-16-14-36(15-17-37)13-12-35(2)3/h5-9,22-23,26H,4,10-21H2,1-3H3,(H,34,42)(H,40,41)/t26-/m0/s1. The molecule has 0 aliphatic carbocycles. The summed E-state index contributed by atoms with van der Waals surface area (Å²) in [7, 11) is 4.13. The maximum Gasteiger partial charge on any atom is 0.409 e. The Labute approximate surface area is 264 Å². The Morgan fingerprint density at radius 1 is 0.956 bits per heavy atom. The van der Waals surface area contributed by atoms with Gasteiger partial charge in [-0.05, 0) is 39.6 Å². The molecule has 2 saturated heterocycles. The van der Waals surface area contributed by atoms with Crippen molar-refractivity contribution in [1.82, 2.24) is 29.9 Å². The number of hydrogen-bond acceptors (Lipinski definition) is 9. The van der Waals surface area contributed by atoms with Crippen molar-refractivity contribution in [1.29, 1.82) is 0 Å². The lowest BCUT2D eigenvalue weighted by atomic mass is 10.1. The number of carbonyl (C=O) groups excluding carboxylic acids is 3. The van der Waals surface area contributed by atoms with Gasteiger partial charge in [-0.25, -0.2) is 9.78 Å². The van der Waals surface area contributed by atoms with Crippen molar-refractivity contribution in [3.63, 3.8) is 0 Å². The van der Waals surface area contributed by atoms with Crippen LogP contribution in [0.5, 0.6) is 0 Å². The van der Waals surface area contributed by atoms with Gasteiger partial charge in [0.2, 0.25) is 5.91 Å². The molecule has 1 atom stereocenters. The highest BCUT2D eigenvalue weighted by Gasteiger charge is 2.31. The number of anilines is 1. The summed E-state index contributed by atoms with van der Waals surface area (Å²) in [6.07, 6.45) is -0.797. The third kappa shape index (κ3) is 9.63. The molecule has 0 saturated carbocycles. The molecule has 4 rings (SSSR count). The number of nitrogens with one attached hydrogen (secondary N) is 1. The lowest BCUT2D eigenvalue weighted by Gasteiger charge is -2.37. The van der Waals surface area contributed by atoms with E-state index in [2.05, 4.69) is 39.1 Å². The van der Waals surface area contributed by atoms with E-state index in [9.17, 15) is 24.3 Å². The van der Waals surface area contributed by atoms with E-state index in [1.54, 1.807) is 17.9 Å². The number of piperazine rings is 2. The Hall–Kier alpha value is -4.23. The number of carboxylic acids is 1. The van der Waals surface area contributed by atoms with Gasteiger partial charge in [0.05, 0.1) is 12.3 Å². The van der Waals surface area contributed by atoms with Crippen LogP contribution in [-0.2, 0) is 14.3 Å². The first-order valence-corrected chi connectivity index (χ1v) is 15.6. The van der Waals surface area contributed by atoms with Gasteiger partial charge in [-0.1, -0.05) is 30.3 Å². The molecule has 2 aliphatic heterocycles. The smallest absolute Gasteiger partial charge is 0.409 e. The molecule has 1 aromatic heterocycles. The molecule has 3 heterocycles. The number of aromatic nitrogens is 1. The summed E-state index contributed by atoms with van der Waals surface area (Å²) < 4.78 is 5.06. The molecular weight excluding hydrogens is 578 g/mol. The molecule has 1 aromatic carbocycles. The van der Waals surface area contributed by atoms with Gasteiger partial charge in [-0.15, -0.1) is 0 Å². The largest absolute Gasteiger partial charge is 0.481 e. The molecule has 3 amide bonds. The number of nitrogens with zero attached hydrogens (tertiary/aromatic N) is 6. The summed E-state index contributed by atoms with van der Waals surface area (Å²) >= 11 is 0. The molecule has 244 valence electrons. The zero-order valence-corrected chi connectivity index (χ0v) is 26.5. The van der Waals surface area contributed by atoms with Gasteiger partial charge >= 0.3 is 12.1 Å². The van der Waals surface area contributed by atoms with Crippen molar-refractivity contribution in [2.24, 2.45) is 0 Å². The van der Waals surface area contributed by atoms with Crippen LogP contribution >= 0.6 is 0 Å². The second kappa shape index (κ2) is 16.2. The van der Waals surface area contributed by atoms with Gasteiger partial charge in [0, 0.05) is 83.1 Å². The molecule has 0 bridgehead atoms. The highest BCUT2D eigenvalue weighted by Crippen LogP contribution is 2.25.